The smallest absolute Gasteiger partial charge is 0.0811 e. The van der Waals surface area contributed by atoms with Gasteiger partial charge in [0.1, 0.15) is 0 Å². The van der Waals surface area contributed by atoms with Gasteiger partial charge in [0.25, 0.3) is 0 Å². The molecule has 1 aromatic rings. The zero-order valence-corrected chi connectivity index (χ0v) is 9.65. The molecule has 0 saturated carbocycles. The largest absolute Gasteiger partial charge is 0.388 e. The third-order valence-electron chi connectivity index (χ3n) is 1.70. The van der Waals surface area contributed by atoms with E-state index in [4.69, 9.17) is 0 Å². The molecule has 0 saturated heterocycles. The summed E-state index contributed by atoms with van der Waals surface area (Å²) in [6.45, 7) is 4.23. The maximum absolute atomic E-state index is 9.74. The van der Waals surface area contributed by atoms with Crippen LogP contribution >= 0.6 is 27.3 Å². The first-order chi connectivity index (χ1) is 5.61. The van der Waals surface area contributed by atoms with E-state index in [1.165, 1.54) is 0 Å². The Labute approximate surface area is 85.6 Å². The van der Waals surface area contributed by atoms with Gasteiger partial charge in [0.05, 0.1) is 6.10 Å². The fourth-order valence-corrected chi connectivity index (χ4v) is 2.71. The molecule has 1 unspecified atom stereocenters. The summed E-state index contributed by atoms with van der Waals surface area (Å²) in [5, 5.41) is 13.7. The fraction of sp³-hybridized carbons (Fsp3) is 0.556. The summed E-state index contributed by atoms with van der Waals surface area (Å²) in [5.41, 5.74) is 1.02. The molecule has 1 rings (SSSR count). The average Bonchev–Trinajstić information content (AvgIpc) is 2.33. The molecule has 68 valence electrons. The Bertz CT molecular complexity index is 244. The summed E-state index contributed by atoms with van der Waals surface area (Å²) in [6.07, 6.45) is 0.514. The number of aliphatic hydroxyl groups excluding tert-OH is 1. The molecule has 0 aliphatic rings. The summed E-state index contributed by atoms with van der Waals surface area (Å²) in [5.74, 6) is 0.534. The summed E-state index contributed by atoms with van der Waals surface area (Å²) in [6, 6.07) is 0. The third-order valence-corrected chi connectivity index (χ3v) is 3.45. The Morgan fingerprint density at radius 2 is 2.17 bits per heavy atom. The van der Waals surface area contributed by atoms with Gasteiger partial charge < -0.3 is 5.11 Å². The van der Waals surface area contributed by atoms with Crippen molar-refractivity contribution >= 4 is 27.3 Å². The molecule has 3 heteroatoms. The molecule has 0 bridgehead atoms. The van der Waals surface area contributed by atoms with Gasteiger partial charge in [-0.05, 0) is 33.6 Å². The number of thiophene rings is 1. The van der Waals surface area contributed by atoms with E-state index >= 15 is 0 Å². The van der Waals surface area contributed by atoms with Crippen LogP contribution < -0.4 is 0 Å². The van der Waals surface area contributed by atoms with Crippen LogP contribution in [-0.4, -0.2) is 5.11 Å². The second-order valence-corrected chi connectivity index (χ2v) is 4.92. The van der Waals surface area contributed by atoms with Gasteiger partial charge in [0.15, 0.2) is 0 Å². The van der Waals surface area contributed by atoms with Crippen molar-refractivity contribution in [2.75, 3.05) is 0 Å². The Kier molecular flexibility index (Phi) is 3.75. The van der Waals surface area contributed by atoms with Crippen LogP contribution in [-0.2, 0) is 0 Å². The fourth-order valence-electron chi connectivity index (χ4n) is 1.10. The molecule has 0 aliphatic carbocycles. The Morgan fingerprint density at radius 1 is 1.50 bits per heavy atom. The van der Waals surface area contributed by atoms with Crippen LogP contribution in [0.3, 0.4) is 0 Å². The van der Waals surface area contributed by atoms with Gasteiger partial charge >= 0.3 is 0 Å². The lowest BCUT2D eigenvalue weighted by Crippen LogP contribution is -2.00. The number of halogens is 1. The standard InChI is InChI=1S/C9H13BrOS/c1-6(2)3-9(11)7-4-12-5-8(7)10/h4-6,9,11H,3H2,1-2H3. The van der Waals surface area contributed by atoms with Crippen molar-refractivity contribution < 1.29 is 5.11 Å². The number of hydrogen-bond acceptors (Lipinski definition) is 2. The summed E-state index contributed by atoms with van der Waals surface area (Å²) < 4.78 is 1.03. The minimum absolute atomic E-state index is 0.314. The zero-order chi connectivity index (χ0) is 9.14. The molecule has 0 fully saturated rings. The summed E-state index contributed by atoms with van der Waals surface area (Å²) in [7, 11) is 0. The van der Waals surface area contributed by atoms with Crippen LogP contribution in [0.4, 0.5) is 0 Å². The maximum Gasteiger partial charge on any atom is 0.0811 e. The van der Waals surface area contributed by atoms with Gasteiger partial charge in [0.2, 0.25) is 0 Å². The van der Waals surface area contributed by atoms with Crippen LogP contribution in [0.15, 0.2) is 15.2 Å². The van der Waals surface area contributed by atoms with Crippen molar-refractivity contribution in [2.45, 2.75) is 26.4 Å². The molecule has 0 aliphatic heterocycles. The van der Waals surface area contributed by atoms with Crippen LogP contribution in [0.2, 0.25) is 0 Å². The van der Waals surface area contributed by atoms with Gasteiger partial charge in [-0.15, -0.1) is 0 Å². The van der Waals surface area contributed by atoms with Gasteiger partial charge in [-0.1, -0.05) is 13.8 Å². The highest BCUT2D eigenvalue weighted by Crippen LogP contribution is 2.30. The predicted molar refractivity (Wildman–Crippen MR) is 56.4 cm³/mol. The lowest BCUT2D eigenvalue weighted by Gasteiger charge is -2.11. The SMILES string of the molecule is CC(C)CC(O)c1cscc1Br. The quantitative estimate of drug-likeness (QED) is 0.867. The molecule has 1 atom stereocenters. The van der Waals surface area contributed by atoms with Crippen molar-refractivity contribution in [3.05, 3.63) is 20.8 Å². The average molecular weight is 249 g/mol. The van der Waals surface area contributed by atoms with E-state index < -0.39 is 0 Å². The van der Waals surface area contributed by atoms with Crippen molar-refractivity contribution in [1.82, 2.24) is 0 Å². The van der Waals surface area contributed by atoms with Gasteiger partial charge in [-0.2, -0.15) is 11.3 Å². The minimum Gasteiger partial charge on any atom is -0.388 e. The highest BCUT2D eigenvalue weighted by atomic mass is 79.9. The van der Waals surface area contributed by atoms with E-state index in [2.05, 4.69) is 29.8 Å². The first-order valence-electron chi connectivity index (χ1n) is 4.01. The van der Waals surface area contributed by atoms with Crippen molar-refractivity contribution in [2.24, 2.45) is 5.92 Å². The monoisotopic (exact) mass is 248 g/mol. The molecule has 1 nitrogen and oxygen atoms in total. The van der Waals surface area contributed by atoms with E-state index in [-0.39, 0.29) is 6.10 Å². The lowest BCUT2D eigenvalue weighted by molar-refractivity contribution is 0.151. The molecule has 12 heavy (non-hydrogen) atoms. The van der Waals surface area contributed by atoms with Gasteiger partial charge in [-0.3, -0.25) is 0 Å². The van der Waals surface area contributed by atoms with E-state index in [1.807, 2.05) is 10.8 Å². The second kappa shape index (κ2) is 4.40. The number of aliphatic hydroxyl groups is 1. The minimum atomic E-state index is -0.314. The third kappa shape index (κ3) is 2.57. The summed E-state index contributed by atoms with van der Waals surface area (Å²) >= 11 is 5.02. The zero-order valence-electron chi connectivity index (χ0n) is 7.25. The van der Waals surface area contributed by atoms with E-state index in [0.717, 1.165) is 16.5 Å². The van der Waals surface area contributed by atoms with Crippen LogP contribution in [0.5, 0.6) is 0 Å². The second-order valence-electron chi connectivity index (χ2n) is 3.32. The van der Waals surface area contributed by atoms with Crippen LogP contribution in [0, 0.1) is 5.92 Å². The van der Waals surface area contributed by atoms with Crippen molar-refractivity contribution in [3.8, 4) is 0 Å². The summed E-state index contributed by atoms with van der Waals surface area (Å²) in [4.78, 5) is 0. The Hall–Kier alpha value is 0.140. The maximum atomic E-state index is 9.74. The van der Waals surface area contributed by atoms with E-state index in [1.54, 1.807) is 11.3 Å². The predicted octanol–water partition coefficient (Wildman–Crippen LogP) is 3.59. The van der Waals surface area contributed by atoms with Gasteiger partial charge in [0, 0.05) is 15.4 Å². The first-order valence-corrected chi connectivity index (χ1v) is 5.74. The molecule has 1 aromatic heterocycles. The highest BCUT2D eigenvalue weighted by molar-refractivity contribution is 9.10. The first kappa shape index (κ1) is 10.2. The van der Waals surface area contributed by atoms with Crippen LogP contribution in [0.25, 0.3) is 0 Å². The van der Waals surface area contributed by atoms with E-state index in [0.29, 0.717) is 5.92 Å². The molecule has 0 aromatic carbocycles. The highest BCUT2D eigenvalue weighted by Gasteiger charge is 2.13. The molecule has 0 amide bonds. The Balaban J connectivity index is 2.65. The normalized spacial score (nSPS) is 13.8. The molecular weight excluding hydrogens is 236 g/mol. The van der Waals surface area contributed by atoms with Crippen molar-refractivity contribution in [3.63, 3.8) is 0 Å². The van der Waals surface area contributed by atoms with E-state index in [9.17, 15) is 5.11 Å². The number of hydrogen-bond donors (Lipinski definition) is 1. The van der Waals surface area contributed by atoms with Crippen LogP contribution in [0.1, 0.15) is 31.9 Å². The molecule has 0 radical (unpaired) electrons. The molecular formula is C9H13BrOS. The number of rotatable bonds is 3. The molecule has 0 spiro atoms. The molecule has 1 heterocycles. The Morgan fingerprint density at radius 3 is 2.58 bits per heavy atom. The van der Waals surface area contributed by atoms with Crippen molar-refractivity contribution in [1.29, 1.82) is 0 Å². The lowest BCUT2D eigenvalue weighted by atomic mass is 10.0. The topological polar surface area (TPSA) is 20.2 Å². The van der Waals surface area contributed by atoms with Gasteiger partial charge in [-0.25, -0.2) is 0 Å². The molecule has 1 N–H and O–H groups in total.